The number of anilines is 1. The Kier molecular flexibility index (Phi) is 4.24. The van der Waals surface area contributed by atoms with Gasteiger partial charge in [0.2, 0.25) is 0 Å². The molecule has 0 fully saturated rings. The highest BCUT2D eigenvalue weighted by Gasteiger charge is 2.12. The van der Waals surface area contributed by atoms with Crippen molar-refractivity contribution in [1.29, 1.82) is 0 Å². The van der Waals surface area contributed by atoms with E-state index in [0.29, 0.717) is 35.1 Å². The molecule has 9 heteroatoms. The number of hydrogen-bond acceptors (Lipinski definition) is 6. The van der Waals surface area contributed by atoms with Crippen LogP contribution in [0.25, 0.3) is 11.4 Å². The lowest BCUT2D eigenvalue weighted by Gasteiger charge is -2.07. The van der Waals surface area contributed by atoms with E-state index >= 15 is 0 Å². The zero-order valence-electron chi connectivity index (χ0n) is 10.8. The highest BCUT2D eigenvalue weighted by atomic mass is 35.5. The number of nitrogens with two attached hydrogens (primary N) is 1. The number of hydrogen-bond donors (Lipinski definition) is 1. The molecule has 0 spiro atoms. The molecule has 108 valence electrons. The molecule has 1 aromatic carbocycles. The molecule has 0 aliphatic carbocycles. The number of aryl methyl sites for hydroxylation is 1. The maximum atomic E-state index is 11.1. The second kappa shape index (κ2) is 5.76. The van der Waals surface area contributed by atoms with E-state index in [1.54, 1.807) is 18.2 Å². The molecule has 7 nitrogen and oxygen atoms in total. The average Bonchev–Trinajstić information content (AvgIpc) is 2.75. The van der Waals surface area contributed by atoms with Gasteiger partial charge in [0.15, 0.2) is 5.82 Å². The zero-order chi connectivity index (χ0) is 14.8. The topological polar surface area (TPSA) is 104 Å². The third kappa shape index (κ3) is 3.67. The molecule has 0 aliphatic heterocycles. The Morgan fingerprint density at radius 2 is 2.15 bits per heavy atom. The van der Waals surface area contributed by atoms with Gasteiger partial charge in [-0.3, -0.25) is 0 Å². The average molecular weight is 316 g/mol. The lowest BCUT2D eigenvalue weighted by atomic mass is 10.1. The second-order valence-corrected chi connectivity index (χ2v) is 7.14. The number of nitrogen functional groups attached to an aromatic ring is 1. The summed E-state index contributed by atoms with van der Waals surface area (Å²) in [5.41, 5.74) is 7.02. The van der Waals surface area contributed by atoms with Crippen LogP contribution in [0.15, 0.2) is 18.2 Å². The van der Waals surface area contributed by atoms with Crippen LogP contribution in [0.2, 0.25) is 5.02 Å². The van der Waals surface area contributed by atoms with Gasteiger partial charge >= 0.3 is 0 Å². The van der Waals surface area contributed by atoms with Gasteiger partial charge in [0.05, 0.1) is 5.75 Å². The Hall–Kier alpha value is -1.67. The van der Waals surface area contributed by atoms with Gasteiger partial charge in [0.1, 0.15) is 9.84 Å². The molecule has 0 atom stereocenters. The molecule has 1 heterocycles. The number of halogens is 1. The van der Waals surface area contributed by atoms with Crippen LogP contribution in [-0.2, 0) is 16.4 Å². The van der Waals surface area contributed by atoms with Gasteiger partial charge < -0.3 is 5.73 Å². The SMILES string of the molecule is CS(=O)(=O)CCCn1nnnc1-c1ccc(Cl)cc1N. The van der Waals surface area contributed by atoms with E-state index < -0.39 is 9.84 Å². The fourth-order valence-corrected chi connectivity index (χ4v) is 2.60. The van der Waals surface area contributed by atoms with E-state index in [2.05, 4.69) is 15.5 Å². The molecule has 2 N–H and O–H groups in total. The van der Waals surface area contributed by atoms with Gasteiger partial charge in [-0.1, -0.05) is 11.6 Å². The summed E-state index contributed by atoms with van der Waals surface area (Å²) >= 11 is 5.85. The summed E-state index contributed by atoms with van der Waals surface area (Å²) in [6.45, 7) is 0.400. The molecule has 0 radical (unpaired) electrons. The van der Waals surface area contributed by atoms with E-state index in [1.807, 2.05) is 0 Å². The monoisotopic (exact) mass is 315 g/mol. The highest BCUT2D eigenvalue weighted by molar-refractivity contribution is 7.90. The van der Waals surface area contributed by atoms with Crippen LogP contribution in [0.1, 0.15) is 6.42 Å². The van der Waals surface area contributed by atoms with Crippen LogP contribution in [-0.4, -0.2) is 40.6 Å². The molecule has 0 saturated carbocycles. The Balaban J connectivity index is 2.20. The van der Waals surface area contributed by atoms with Crippen LogP contribution in [0.5, 0.6) is 0 Å². The smallest absolute Gasteiger partial charge is 0.184 e. The lowest BCUT2D eigenvalue weighted by Crippen LogP contribution is -2.10. The minimum atomic E-state index is -2.99. The van der Waals surface area contributed by atoms with Crippen molar-refractivity contribution in [1.82, 2.24) is 20.2 Å². The number of benzene rings is 1. The van der Waals surface area contributed by atoms with Crippen molar-refractivity contribution in [2.45, 2.75) is 13.0 Å². The summed E-state index contributed by atoms with van der Waals surface area (Å²) in [6.07, 6.45) is 1.63. The summed E-state index contributed by atoms with van der Waals surface area (Å²) in [6, 6.07) is 5.05. The molecule has 0 aliphatic rings. The van der Waals surface area contributed by atoms with E-state index in [0.717, 1.165) is 0 Å². The number of nitrogens with zero attached hydrogens (tertiary/aromatic N) is 4. The summed E-state index contributed by atoms with van der Waals surface area (Å²) < 4.78 is 23.8. The van der Waals surface area contributed by atoms with Gasteiger partial charge in [-0.15, -0.1) is 5.10 Å². The van der Waals surface area contributed by atoms with Crippen molar-refractivity contribution in [2.24, 2.45) is 0 Å². The maximum absolute atomic E-state index is 11.1. The molecule has 0 unspecified atom stereocenters. The first-order valence-corrected chi connectivity index (χ1v) is 8.30. The van der Waals surface area contributed by atoms with Crippen LogP contribution in [0.4, 0.5) is 5.69 Å². The van der Waals surface area contributed by atoms with Crippen LogP contribution < -0.4 is 5.73 Å². The molecule has 20 heavy (non-hydrogen) atoms. The molecule has 0 saturated heterocycles. The molecule has 2 aromatic rings. The molecule has 0 amide bonds. The number of tetrazole rings is 1. The maximum Gasteiger partial charge on any atom is 0.184 e. The standard InChI is InChI=1S/C11H14ClN5O2S/c1-20(18,19)6-2-5-17-11(14-15-16-17)9-4-3-8(12)7-10(9)13/h3-4,7H,2,5-6,13H2,1H3. The van der Waals surface area contributed by atoms with Gasteiger partial charge in [0.25, 0.3) is 0 Å². The Bertz CT molecular complexity index is 713. The summed E-state index contributed by atoms with van der Waals surface area (Å²) in [7, 11) is -2.99. The quantitative estimate of drug-likeness (QED) is 0.826. The van der Waals surface area contributed by atoms with Crippen LogP contribution in [0.3, 0.4) is 0 Å². The normalized spacial score (nSPS) is 11.7. The van der Waals surface area contributed by atoms with Gasteiger partial charge in [-0.25, -0.2) is 13.1 Å². The third-order valence-electron chi connectivity index (χ3n) is 2.67. The minimum Gasteiger partial charge on any atom is -0.398 e. The Labute approximate surface area is 121 Å². The minimum absolute atomic E-state index is 0.0857. The molecule has 1 aromatic heterocycles. The Morgan fingerprint density at radius 1 is 1.40 bits per heavy atom. The highest BCUT2D eigenvalue weighted by Crippen LogP contribution is 2.26. The second-order valence-electron chi connectivity index (χ2n) is 4.44. The van der Waals surface area contributed by atoms with Crippen LogP contribution in [0, 0.1) is 0 Å². The fourth-order valence-electron chi connectivity index (χ4n) is 1.76. The predicted molar refractivity (Wildman–Crippen MR) is 77.0 cm³/mol. The van der Waals surface area contributed by atoms with E-state index in [-0.39, 0.29) is 5.75 Å². The predicted octanol–water partition coefficient (Wildman–Crippen LogP) is 1.01. The Morgan fingerprint density at radius 3 is 2.80 bits per heavy atom. The van der Waals surface area contributed by atoms with E-state index in [9.17, 15) is 8.42 Å². The lowest BCUT2D eigenvalue weighted by molar-refractivity contribution is 0.567. The van der Waals surface area contributed by atoms with Crippen molar-refractivity contribution in [3.63, 3.8) is 0 Å². The number of sulfone groups is 1. The summed E-state index contributed by atoms with van der Waals surface area (Å²) in [5, 5.41) is 11.9. The van der Waals surface area contributed by atoms with Crippen molar-refractivity contribution in [3.8, 4) is 11.4 Å². The molecule has 2 rings (SSSR count). The first kappa shape index (κ1) is 14.7. The van der Waals surface area contributed by atoms with Crippen LogP contribution >= 0.6 is 11.6 Å². The summed E-state index contributed by atoms with van der Waals surface area (Å²) in [4.78, 5) is 0. The van der Waals surface area contributed by atoms with Crippen molar-refractivity contribution < 1.29 is 8.42 Å². The van der Waals surface area contributed by atoms with Gasteiger partial charge in [0, 0.05) is 29.1 Å². The number of rotatable bonds is 5. The van der Waals surface area contributed by atoms with E-state index in [1.165, 1.54) is 10.9 Å². The first-order valence-electron chi connectivity index (χ1n) is 5.86. The zero-order valence-corrected chi connectivity index (χ0v) is 12.4. The van der Waals surface area contributed by atoms with E-state index in [4.69, 9.17) is 17.3 Å². The third-order valence-corrected chi connectivity index (χ3v) is 3.94. The largest absolute Gasteiger partial charge is 0.398 e. The number of aromatic nitrogens is 4. The fraction of sp³-hybridized carbons (Fsp3) is 0.364. The molecule has 0 bridgehead atoms. The molecular formula is C11H14ClN5O2S. The van der Waals surface area contributed by atoms with Crippen molar-refractivity contribution in [3.05, 3.63) is 23.2 Å². The van der Waals surface area contributed by atoms with Crippen molar-refractivity contribution in [2.75, 3.05) is 17.7 Å². The van der Waals surface area contributed by atoms with Gasteiger partial charge in [-0.05, 0) is 35.0 Å². The summed E-state index contributed by atoms with van der Waals surface area (Å²) in [5.74, 6) is 0.579. The first-order chi connectivity index (χ1) is 9.37. The molecular weight excluding hydrogens is 302 g/mol. The van der Waals surface area contributed by atoms with Crippen molar-refractivity contribution >= 4 is 27.1 Å². The van der Waals surface area contributed by atoms with Gasteiger partial charge in [-0.2, -0.15) is 0 Å².